The van der Waals surface area contributed by atoms with Gasteiger partial charge in [-0.25, -0.2) is 9.78 Å². The number of aliphatic imine (C=N–C) groups is 1. The van der Waals surface area contributed by atoms with Crippen molar-refractivity contribution in [1.82, 2.24) is 4.98 Å². The molecule has 1 aromatic carbocycles. The number of nitrogens with zero attached hydrogens (tertiary/aromatic N) is 3. The van der Waals surface area contributed by atoms with E-state index in [1.54, 1.807) is 11.1 Å². The van der Waals surface area contributed by atoms with E-state index in [0.29, 0.717) is 11.7 Å². The van der Waals surface area contributed by atoms with Crippen LogP contribution in [0.25, 0.3) is 0 Å². The van der Waals surface area contributed by atoms with Gasteiger partial charge >= 0.3 is 6.03 Å². The maximum absolute atomic E-state index is 12.3. The summed E-state index contributed by atoms with van der Waals surface area (Å²) in [5.41, 5.74) is 3.56. The predicted octanol–water partition coefficient (Wildman–Crippen LogP) is 4.20. The quantitative estimate of drug-likeness (QED) is 0.900. The number of amides is 2. The van der Waals surface area contributed by atoms with Gasteiger partial charge in [0, 0.05) is 18.7 Å². The molecule has 3 heterocycles. The van der Waals surface area contributed by atoms with Crippen molar-refractivity contribution >= 4 is 33.9 Å². The summed E-state index contributed by atoms with van der Waals surface area (Å²) >= 11 is 1.45. The van der Waals surface area contributed by atoms with Gasteiger partial charge < -0.3 is 5.32 Å². The van der Waals surface area contributed by atoms with E-state index < -0.39 is 0 Å². The lowest BCUT2D eigenvalue weighted by molar-refractivity contribution is 0.256. The van der Waals surface area contributed by atoms with E-state index in [9.17, 15) is 4.79 Å². The molecule has 4 rings (SSSR count). The molecule has 1 N–H and O–H groups in total. The molecule has 5 nitrogen and oxygen atoms in total. The van der Waals surface area contributed by atoms with Gasteiger partial charge in [-0.05, 0) is 24.1 Å². The van der Waals surface area contributed by atoms with Gasteiger partial charge in [-0.15, -0.1) is 11.3 Å². The van der Waals surface area contributed by atoms with Crippen molar-refractivity contribution in [3.05, 3.63) is 65.3 Å². The second kappa shape index (κ2) is 5.81. The summed E-state index contributed by atoms with van der Waals surface area (Å²) in [4.78, 5) is 23.0. The van der Waals surface area contributed by atoms with Gasteiger partial charge in [0.25, 0.3) is 0 Å². The molecule has 0 spiro atoms. The number of nitrogens with one attached hydrogen (secondary N) is 1. The first-order valence-corrected chi connectivity index (χ1v) is 8.21. The normalized spacial score (nSPS) is 16.6. The number of urea groups is 1. The van der Waals surface area contributed by atoms with Crippen molar-refractivity contribution in [3.8, 4) is 0 Å². The summed E-state index contributed by atoms with van der Waals surface area (Å²) in [6.45, 7) is 0.525. The highest BCUT2D eigenvalue weighted by molar-refractivity contribution is 7.14. The molecular formula is C17H16N4OS. The van der Waals surface area contributed by atoms with Crippen molar-refractivity contribution < 1.29 is 6.22 Å². The molecule has 0 aliphatic carbocycles. The molecule has 116 valence electrons. The van der Waals surface area contributed by atoms with Crippen LogP contribution in [0, 0.1) is 0 Å². The van der Waals surface area contributed by atoms with Gasteiger partial charge in [-0.2, -0.15) is 0 Å². The van der Waals surface area contributed by atoms with E-state index in [2.05, 4.69) is 15.3 Å². The highest BCUT2D eigenvalue weighted by Gasteiger charge is 2.26. The molecule has 0 bridgehead atoms. The van der Waals surface area contributed by atoms with Gasteiger partial charge in [0.1, 0.15) is 5.69 Å². The number of fused-ring (bicyclic) bond motifs is 1. The van der Waals surface area contributed by atoms with Crippen molar-refractivity contribution in [2.45, 2.75) is 13.0 Å². The predicted molar refractivity (Wildman–Crippen MR) is 95.3 cm³/mol. The summed E-state index contributed by atoms with van der Waals surface area (Å²) in [5, 5.41) is 5.52. The number of anilines is 2. The molecule has 1 aromatic heterocycles. The molecule has 2 aromatic rings. The molecule has 0 saturated carbocycles. The van der Waals surface area contributed by atoms with Crippen LogP contribution in [0.5, 0.6) is 0 Å². The molecule has 2 aliphatic heterocycles. The third-order valence-corrected chi connectivity index (χ3v) is 4.55. The molecule has 0 radical (unpaired) electrons. The van der Waals surface area contributed by atoms with Gasteiger partial charge in [0.15, 0.2) is 5.13 Å². The first kappa shape index (κ1) is 13.9. The zero-order chi connectivity index (χ0) is 15.6. The highest BCUT2D eigenvalue weighted by Crippen LogP contribution is 2.29. The molecular weight excluding hydrogens is 308 g/mol. The third-order valence-electron chi connectivity index (χ3n) is 3.68. The summed E-state index contributed by atoms with van der Waals surface area (Å²) in [6.07, 6.45) is 8.66. The SMILES string of the molecule is O=C1Nc2ccccc2CN1c1nc(C2=NC=CCC=C2)cs1.[HH]. The maximum Gasteiger partial charge on any atom is 0.328 e. The molecule has 0 unspecified atom stereocenters. The summed E-state index contributed by atoms with van der Waals surface area (Å²) in [6, 6.07) is 7.66. The third kappa shape index (κ3) is 2.68. The summed E-state index contributed by atoms with van der Waals surface area (Å²) in [7, 11) is 0. The lowest BCUT2D eigenvalue weighted by Crippen LogP contribution is -2.38. The molecule has 23 heavy (non-hydrogen) atoms. The lowest BCUT2D eigenvalue weighted by Gasteiger charge is -2.27. The lowest BCUT2D eigenvalue weighted by atomic mass is 10.1. The number of carbonyl (C=O) groups excluding carboxylic acids is 1. The van der Waals surface area contributed by atoms with Crippen molar-refractivity contribution in [2.24, 2.45) is 4.99 Å². The molecule has 2 amide bonds. The van der Waals surface area contributed by atoms with Crippen molar-refractivity contribution in [3.63, 3.8) is 0 Å². The molecule has 0 fully saturated rings. The minimum absolute atomic E-state index is 0. The number of aromatic nitrogens is 1. The molecule has 2 aliphatic rings. The molecule has 0 saturated heterocycles. The Hall–Kier alpha value is -2.73. The molecule has 6 heteroatoms. The standard InChI is InChI=1S/C17H14N4OS.H2/c22-16-19-13-7-4-3-6-12(13)10-21(16)17-20-15(11-23-17)14-8-2-1-5-9-18-14;/h2-9,11H,1,10H2,(H,19,22);1H. The van der Waals surface area contributed by atoms with Crippen LogP contribution in [0.3, 0.4) is 0 Å². The smallest absolute Gasteiger partial charge is 0.307 e. The van der Waals surface area contributed by atoms with Gasteiger partial charge in [0.2, 0.25) is 0 Å². The second-order valence-electron chi connectivity index (χ2n) is 5.23. The zero-order valence-corrected chi connectivity index (χ0v) is 13.1. The largest absolute Gasteiger partial charge is 0.328 e. The van der Waals surface area contributed by atoms with Gasteiger partial charge in [0.05, 0.1) is 12.3 Å². The fourth-order valence-electron chi connectivity index (χ4n) is 2.51. The summed E-state index contributed by atoms with van der Waals surface area (Å²) < 4.78 is 0. The Bertz CT molecular complexity index is 856. The van der Waals surface area contributed by atoms with Gasteiger partial charge in [-0.3, -0.25) is 9.89 Å². The number of hydrogen-bond acceptors (Lipinski definition) is 4. The van der Waals surface area contributed by atoms with E-state index in [1.807, 2.05) is 47.9 Å². The van der Waals surface area contributed by atoms with E-state index in [-0.39, 0.29) is 7.46 Å². The van der Waals surface area contributed by atoms with Crippen LogP contribution < -0.4 is 10.2 Å². The Balaban J connectivity index is 0.00000169. The first-order chi connectivity index (χ1) is 11.3. The van der Waals surface area contributed by atoms with Crippen LogP contribution in [0.2, 0.25) is 0 Å². The van der Waals surface area contributed by atoms with Crippen LogP contribution >= 0.6 is 11.3 Å². The second-order valence-corrected chi connectivity index (χ2v) is 6.06. The van der Waals surface area contributed by atoms with Crippen molar-refractivity contribution in [2.75, 3.05) is 10.2 Å². The number of thiazole rings is 1. The van der Waals surface area contributed by atoms with E-state index in [4.69, 9.17) is 0 Å². The van der Waals surface area contributed by atoms with Crippen LogP contribution in [-0.4, -0.2) is 16.7 Å². The van der Waals surface area contributed by atoms with E-state index in [1.165, 1.54) is 11.3 Å². The van der Waals surface area contributed by atoms with Crippen LogP contribution in [0.1, 0.15) is 19.1 Å². The number of allylic oxidation sites excluding steroid dienone is 3. The number of hydrogen-bond donors (Lipinski definition) is 1. The topological polar surface area (TPSA) is 57.6 Å². The van der Waals surface area contributed by atoms with Crippen LogP contribution in [-0.2, 0) is 6.54 Å². The van der Waals surface area contributed by atoms with Crippen LogP contribution in [0.4, 0.5) is 15.6 Å². The van der Waals surface area contributed by atoms with Crippen LogP contribution in [0.15, 0.2) is 59.1 Å². The fraction of sp³-hybridized carbons (Fsp3) is 0.118. The molecule has 0 atom stereocenters. The Labute approximate surface area is 139 Å². The van der Waals surface area contributed by atoms with E-state index >= 15 is 0 Å². The number of benzene rings is 1. The highest BCUT2D eigenvalue weighted by atomic mass is 32.1. The van der Waals surface area contributed by atoms with Gasteiger partial charge in [-0.1, -0.05) is 30.4 Å². The average Bonchev–Trinajstić information content (AvgIpc) is 2.89. The first-order valence-electron chi connectivity index (χ1n) is 7.33. The Morgan fingerprint density at radius 1 is 1.26 bits per heavy atom. The van der Waals surface area contributed by atoms with E-state index in [0.717, 1.165) is 29.1 Å². The fourth-order valence-corrected chi connectivity index (χ4v) is 3.33. The minimum Gasteiger partial charge on any atom is -0.307 e. The van der Waals surface area contributed by atoms with Crippen molar-refractivity contribution in [1.29, 1.82) is 0 Å². The zero-order valence-electron chi connectivity index (χ0n) is 12.3. The maximum atomic E-state index is 12.3. The summed E-state index contributed by atoms with van der Waals surface area (Å²) in [5.74, 6) is 0. The monoisotopic (exact) mass is 324 g/mol. The Morgan fingerprint density at radius 2 is 2.17 bits per heavy atom. The average molecular weight is 324 g/mol. The minimum atomic E-state index is -0.150. The number of carbonyl (C=O) groups is 1. The number of rotatable bonds is 2. The Morgan fingerprint density at radius 3 is 3.13 bits per heavy atom. The number of para-hydroxylation sites is 1. The Kier molecular flexibility index (Phi) is 3.51.